The second-order valence-electron chi connectivity index (χ2n) is 2.94. The lowest BCUT2D eigenvalue weighted by molar-refractivity contribution is -0.148. The fourth-order valence-electron chi connectivity index (χ4n) is 1.10. The lowest BCUT2D eigenvalue weighted by Crippen LogP contribution is -2.22. The highest BCUT2D eigenvalue weighted by Gasteiger charge is 2.39. The summed E-state index contributed by atoms with van der Waals surface area (Å²) in [6, 6.07) is 0. The van der Waals surface area contributed by atoms with Crippen LogP contribution in [0.15, 0.2) is 12.7 Å². The Labute approximate surface area is 66.0 Å². The maximum atomic E-state index is 10.4. The van der Waals surface area contributed by atoms with E-state index in [0.717, 1.165) is 6.29 Å². The molecule has 1 fully saturated rings. The van der Waals surface area contributed by atoms with Gasteiger partial charge in [-0.2, -0.15) is 0 Å². The van der Waals surface area contributed by atoms with Crippen LogP contribution in [0, 0.1) is 0 Å². The molecule has 0 unspecified atom stereocenters. The van der Waals surface area contributed by atoms with Gasteiger partial charge in [0.05, 0.1) is 0 Å². The molecule has 1 rings (SSSR count). The molecule has 3 nitrogen and oxygen atoms in total. The number of carbonyl (C=O) groups excluding carboxylic acids is 1. The van der Waals surface area contributed by atoms with Gasteiger partial charge in [-0.15, -0.1) is 6.58 Å². The molecule has 0 aromatic heterocycles. The van der Waals surface area contributed by atoms with Crippen molar-refractivity contribution < 1.29 is 14.3 Å². The summed E-state index contributed by atoms with van der Waals surface area (Å²) in [4.78, 5) is 10.4. The SMILES string of the molecule is C=C[C@@H]1OC(C)(C)O[C@H]1C=O. The Balaban J connectivity index is 2.69. The Morgan fingerprint density at radius 2 is 1.91 bits per heavy atom. The first-order valence-corrected chi connectivity index (χ1v) is 3.52. The second kappa shape index (κ2) is 2.75. The predicted molar refractivity (Wildman–Crippen MR) is 40.1 cm³/mol. The highest BCUT2D eigenvalue weighted by atomic mass is 16.8. The summed E-state index contributed by atoms with van der Waals surface area (Å²) < 4.78 is 10.6. The molecule has 0 aliphatic carbocycles. The first-order valence-electron chi connectivity index (χ1n) is 3.52. The summed E-state index contributed by atoms with van der Waals surface area (Å²) in [5.41, 5.74) is 0. The number of aldehydes is 1. The van der Waals surface area contributed by atoms with Crippen molar-refractivity contribution in [3.05, 3.63) is 12.7 Å². The third-order valence-electron chi connectivity index (χ3n) is 1.53. The average Bonchev–Trinajstić information content (AvgIpc) is 2.25. The zero-order valence-corrected chi connectivity index (χ0v) is 6.74. The Morgan fingerprint density at radius 3 is 2.27 bits per heavy atom. The normalized spacial score (nSPS) is 35.1. The van der Waals surface area contributed by atoms with E-state index in [0.29, 0.717) is 0 Å². The van der Waals surface area contributed by atoms with Gasteiger partial charge in [-0.1, -0.05) is 6.08 Å². The molecular formula is C8H12O3. The van der Waals surface area contributed by atoms with Crippen LogP contribution in [-0.4, -0.2) is 24.3 Å². The highest BCUT2D eigenvalue weighted by Crippen LogP contribution is 2.27. The monoisotopic (exact) mass is 156 g/mol. The zero-order chi connectivity index (χ0) is 8.48. The van der Waals surface area contributed by atoms with Gasteiger partial charge in [0.1, 0.15) is 12.2 Å². The molecule has 3 heteroatoms. The van der Waals surface area contributed by atoms with E-state index in [2.05, 4.69) is 6.58 Å². The first-order chi connectivity index (χ1) is 5.09. The maximum absolute atomic E-state index is 10.4. The van der Waals surface area contributed by atoms with Crippen LogP contribution in [0.3, 0.4) is 0 Å². The Kier molecular flexibility index (Phi) is 2.11. The van der Waals surface area contributed by atoms with Crippen molar-refractivity contribution in [1.29, 1.82) is 0 Å². The molecule has 1 aliphatic rings. The molecule has 0 N–H and O–H groups in total. The van der Waals surface area contributed by atoms with Gasteiger partial charge in [-0.25, -0.2) is 0 Å². The van der Waals surface area contributed by atoms with Crippen LogP contribution in [0.1, 0.15) is 13.8 Å². The molecule has 62 valence electrons. The van der Waals surface area contributed by atoms with E-state index in [4.69, 9.17) is 9.47 Å². The van der Waals surface area contributed by atoms with Crippen molar-refractivity contribution in [2.75, 3.05) is 0 Å². The molecule has 0 spiro atoms. The fourth-order valence-corrected chi connectivity index (χ4v) is 1.10. The fraction of sp³-hybridized carbons (Fsp3) is 0.625. The third-order valence-corrected chi connectivity index (χ3v) is 1.53. The van der Waals surface area contributed by atoms with Crippen molar-refractivity contribution in [3.8, 4) is 0 Å². The molecule has 0 amide bonds. The van der Waals surface area contributed by atoms with Crippen LogP contribution >= 0.6 is 0 Å². The quantitative estimate of drug-likeness (QED) is 0.440. The minimum Gasteiger partial charge on any atom is -0.340 e. The van der Waals surface area contributed by atoms with E-state index in [1.165, 1.54) is 0 Å². The summed E-state index contributed by atoms with van der Waals surface area (Å²) in [6.07, 6.45) is 1.51. The number of carbonyl (C=O) groups is 1. The zero-order valence-electron chi connectivity index (χ0n) is 6.74. The van der Waals surface area contributed by atoms with Gasteiger partial charge >= 0.3 is 0 Å². The molecule has 1 heterocycles. The highest BCUT2D eigenvalue weighted by molar-refractivity contribution is 5.58. The van der Waals surface area contributed by atoms with Crippen molar-refractivity contribution in [1.82, 2.24) is 0 Å². The maximum Gasteiger partial charge on any atom is 0.164 e. The largest absolute Gasteiger partial charge is 0.340 e. The molecular weight excluding hydrogens is 144 g/mol. The molecule has 1 aliphatic heterocycles. The van der Waals surface area contributed by atoms with E-state index < -0.39 is 11.9 Å². The van der Waals surface area contributed by atoms with E-state index in [1.54, 1.807) is 19.9 Å². The van der Waals surface area contributed by atoms with Crippen molar-refractivity contribution >= 4 is 6.29 Å². The first kappa shape index (κ1) is 8.43. The Morgan fingerprint density at radius 1 is 1.36 bits per heavy atom. The molecule has 2 atom stereocenters. The van der Waals surface area contributed by atoms with E-state index >= 15 is 0 Å². The summed E-state index contributed by atoms with van der Waals surface area (Å²) >= 11 is 0. The topological polar surface area (TPSA) is 35.5 Å². The number of ether oxygens (including phenoxy) is 2. The Bertz CT molecular complexity index is 156. The van der Waals surface area contributed by atoms with Gasteiger partial charge < -0.3 is 14.3 Å². The summed E-state index contributed by atoms with van der Waals surface area (Å²) in [5, 5.41) is 0. The molecule has 0 saturated carbocycles. The van der Waals surface area contributed by atoms with E-state index in [9.17, 15) is 4.79 Å². The van der Waals surface area contributed by atoms with Crippen molar-refractivity contribution in [2.45, 2.75) is 31.8 Å². The number of hydrogen-bond donors (Lipinski definition) is 0. The molecule has 0 radical (unpaired) electrons. The van der Waals surface area contributed by atoms with Gasteiger partial charge in [0.25, 0.3) is 0 Å². The second-order valence-corrected chi connectivity index (χ2v) is 2.94. The number of rotatable bonds is 2. The van der Waals surface area contributed by atoms with Crippen LogP contribution in [0.5, 0.6) is 0 Å². The van der Waals surface area contributed by atoms with Crippen LogP contribution < -0.4 is 0 Å². The number of hydrogen-bond acceptors (Lipinski definition) is 3. The van der Waals surface area contributed by atoms with Crippen molar-refractivity contribution in [3.63, 3.8) is 0 Å². The van der Waals surface area contributed by atoms with Gasteiger partial charge in [0.15, 0.2) is 12.1 Å². The van der Waals surface area contributed by atoms with Crippen LogP contribution in [0.4, 0.5) is 0 Å². The molecule has 1 saturated heterocycles. The van der Waals surface area contributed by atoms with Crippen LogP contribution in [0.25, 0.3) is 0 Å². The van der Waals surface area contributed by atoms with Crippen LogP contribution in [0.2, 0.25) is 0 Å². The van der Waals surface area contributed by atoms with Gasteiger partial charge in [0, 0.05) is 0 Å². The smallest absolute Gasteiger partial charge is 0.164 e. The van der Waals surface area contributed by atoms with E-state index in [-0.39, 0.29) is 6.10 Å². The van der Waals surface area contributed by atoms with Gasteiger partial charge in [-0.05, 0) is 13.8 Å². The van der Waals surface area contributed by atoms with Gasteiger partial charge in [-0.3, -0.25) is 0 Å². The van der Waals surface area contributed by atoms with E-state index in [1.807, 2.05) is 0 Å². The summed E-state index contributed by atoms with van der Waals surface area (Å²) in [6.45, 7) is 7.08. The lowest BCUT2D eigenvalue weighted by atomic mass is 10.2. The van der Waals surface area contributed by atoms with Gasteiger partial charge in [0.2, 0.25) is 0 Å². The molecule has 0 bridgehead atoms. The minimum absolute atomic E-state index is 0.303. The molecule has 0 aromatic carbocycles. The molecule has 11 heavy (non-hydrogen) atoms. The average molecular weight is 156 g/mol. The van der Waals surface area contributed by atoms with Crippen LogP contribution in [-0.2, 0) is 14.3 Å². The van der Waals surface area contributed by atoms with Crippen molar-refractivity contribution in [2.24, 2.45) is 0 Å². The third kappa shape index (κ3) is 1.67. The lowest BCUT2D eigenvalue weighted by Gasteiger charge is -2.15. The standard InChI is InChI=1S/C8H12O3/c1-4-6-7(5-9)11-8(2,3)10-6/h4-7H,1H2,2-3H3/t6-,7-/m0/s1. The Hall–Kier alpha value is -0.670. The molecule has 0 aromatic rings. The summed E-state index contributed by atoms with van der Waals surface area (Å²) in [5.74, 6) is -0.662. The predicted octanol–water partition coefficient (Wildman–Crippen LogP) is 0.891. The minimum atomic E-state index is -0.662. The summed E-state index contributed by atoms with van der Waals surface area (Å²) in [7, 11) is 0.